The van der Waals surface area contributed by atoms with E-state index in [-0.39, 0.29) is 23.9 Å². The number of hydrogen-bond acceptors (Lipinski definition) is 3. The quantitative estimate of drug-likeness (QED) is 0.852. The molecule has 5 heteroatoms. The van der Waals surface area contributed by atoms with Crippen LogP contribution in [0.4, 0.5) is 0 Å². The van der Waals surface area contributed by atoms with Crippen molar-refractivity contribution in [2.24, 2.45) is 0 Å². The molecule has 0 aliphatic carbocycles. The molecule has 0 spiro atoms. The summed E-state index contributed by atoms with van der Waals surface area (Å²) in [5.41, 5.74) is -0.696. The summed E-state index contributed by atoms with van der Waals surface area (Å²) in [4.78, 5) is 29.8. The van der Waals surface area contributed by atoms with Gasteiger partial charge in [-0.25, -0.2) is 0 Å². The number of piperazine rings is 1. The lowest BCUT2D eigenvalue weighted by Crippen LogP contribution is -2.72. The Morgan fingerprint density at radius 2 is 1.90 bits per heavy atom. The topological polar surface area (TPSA) is 52.7 Å². The van der Waals surface area contributed by atoms with Crippen molar-refractivity contribution in [1.29, 1.82) is 0 Å². The number of piperidine rings is 1. The number of likely N-dealkylation sites (N-methyl/N-ethyl adjacent to an activating group) is 1. The Kier molecular flexibility index (Phi) is 4.91. The molecule has 5 nitrogen and oxygen atoms in total. The molecule has 2 fully saturated rings. The summed E-state index contributed by atoms with van der Waals surface area (Å²) in [5.74, 6) is 0.147. The van der Waals surface area contributed by atoms with E-state index in [0.717, 1.165) is 25.9 Å². The lowest BCUT2D eigenvalue weighted by Gasteiger charge is -2.50. The van der Waals surface area contributed by atoms with Gasteiger partial charge in [0.25, 0.3) is 0 Å². The molecule has 21 heavy (non-hydrogen) atoms. The van der Waals surface area contributed by atoms with Crippen LogP contribution in [0.3, 0.4) is 0 Å². The molecule has 2 aliphatic rings. The summed E-state index contributed by atoms with van der Waals surface area (Å²) < 4.78 is 0. The van der Waals surface area contributed by atoms with E-state index in [1.807, 2.05) is 25.7 Å². The van der Waals surface area contributed by atoms with Crippen molar-refractivity contribution in [1.82, 2.24) is 15.1 Å². The van der Waals surface area contributed by atoms with Crippen LogP contribution in [0.15, 0.2) is 0 Å². The standard InChI is InChI=1S/C16H29N3O2/c1-5-13-14(20)17-16(6-2,7-3)15(21)19(13)12-9-8-10-18(4)11-12/h12-13H,5-11H2,1-4H3,(H,17,20). The molecule has 2 aliphatic heterocycles. The molecule has 0 aromatic carbocycles. The predicted molar refractivity (Wildman–Crippen MR) is 82.9 cm³/mol. The van der Waals surface area contributed by atoms with E-state index in [9.17, 15) is 9.59 Å². The van der Waals surface area contributed by atoms with Gasteiger partial charge < -0.3 is 15.1 Å². The number of nitrogens with one attached hydrogen (secondary N) is 1. The highest BCUT2D eigenvalue weighted by Gasteiger charge is 2.50. The molecule has 2 saturated heterocycles. The van der Waals surface area contributed by atoms with Crippen LogP contribution < -0.4 is 5.32 Å². The molecule has 2 atom stereocenters. The van der Waals surface area contributed by atoms with Crippen molar-refractivity contribution in [3.63, 3.8) is 0 Å². The van der Waals surface area contributed by atoms with Crippen molar-refractivity contribution < 1.29 is 9.59 Å². The molecule has 0 aromatic rings. The van der Waals surface area contributed by atoms with E-state index in [0.29, 0.717) is 19.3 Å². The SMILES string of the molecule is CCC1C(=O)NC(CC)(CC)C(=O)N1C1CCCN(C)C1. The smallest absolute Gasteiger partial charge is 0.249 e. The number of rotatable bonds is 4. The molecular formula is C16H29N3O2. The van der Waals surface area contributed by atoms with Gasteiger partial charge in [-0.3, -0.25) is 9.59 Å². The van der Waals surface area contributed by atoms with Crippen molar-refractivity contribution >= 4 is 11.8 Å². The minimum atomic E-state index is -0.696. The molecule has 2 rings (SSSR count). The van der Waals surface area contributed by atoms with Crippen molar-refractivity contribution in [3.8, 4) is 0 Å². The van der Waals surface area contributed by atoms with E-state index in [1.165, 1.54) is 0 Å². The van der Waals surface area contributed by atoms with E-state index >= 15 is 0 Å². The summed E-state index contributed by atoms with van der Waals surface area (Å²) in [5, 5.41) is 3.02. The number of carbonyl (C=O) groups is 2. The highest BCUT2D eigenvalue weighted by atomic mass is 16.2. The zero-order chi connectivity index (χ0) is 15.6. The molecule has 120 valence electrons. The molecule has 2 unspecified atom stereocenters. The third-order valence-electron chi connectivity index (χ3n) is 5.23. The van der Waals surface area contributed by atoms with Crippen LogP contribution >= 0.6 is 0 Å². The van der Waals surface area contributed by atoms with Crippen molar-refractivity contribution in [2.45, 2.75) is 70.5 Å². The summed E-state index contributed by atoms with van der Waals surface area (Å²) in [6.45, 7) is 7.91. The second-order valence-electron chi connectivity index (χ2n) is 6.47. The number of carbonyl (C=O) groups excluding carboxylic acids is 2. The maximum absolute atomic E-state index is 13.1. The molecule has 2 amide bonds. The van der Waals surface area contributed by atoms with Crippen LogP contribution in [0.5, 0.6) is 0 Å². The molecule has 0 aromatic heterocycles. The average molecular weight is 295 g/mol. The Morgan fingerprint density at radius 1 is 1.24 bits per heavy atom. The Labute approximate surface area is 128 Å². The van der Waals surface area contributed by atoms with Crippen LogP contribution in [-0.4, -0.2) is 59.4 Å². The molecule has 0 saturated carbocycles. The first-order chi connectivity index (χ1) is 9.99. The highest BCUT2D eigenvalue weighted by molar-refractivity contribution is 6.00. The van der Waals surface area contributed by atoms with Gasteiger partial charge in [0.15, 0.2) is 0 Å². The Morgan fingerprint density at radius 3 is 2.43 bits per heavy atom. The van der Waals surface area contributed by atoms with E-state index in [1.54, 1.807) is 0 Å². The van der Waals surface area contributed by atoms with Crippen LogP contribution in [0, 0.1) is 0 Å². The van der Waals surface area contributed by atoms with Crippen LogP contribution in [-0.2, 0) is 9.59 Å². The molecule has 0 bridgehead atoms. The average Bonchev–Trinajstić information content (AvgIpc) is 2.48. The summed E-state index contributed by atoms with van der Waals surface area (Å²) in [6.07, 6.45) is 4.09. The Hall–Kier alpha value is -1.10. The molecule has 1 N–H and O–H groups in total. The number of likely N-dealkylation sites (tertiary alicyclic amines) is 1. The maximum Gasteiger partial charge on any atom is 0.249 e. The van der Waals surface area contributed by atoms with Gasteiger partial charge in [-0.15, -0.1) is 0 Å². The lowest BCUT2D eigenvalue weighted by molar-refractivity contribution is -0.160. The fourth-order valence-corrected chi connectivity index (χ4v) is 3.79. The van der Waals surface area contributed by atoms with Crippen LogP contribution in [0.2, 0.25) is 0 Å². The van der Waals surface area contributed by atoms with Gasteiger partial charge in [0, 0.05) is 12.6 Å². The predicted octanol–water partition coefficient (Wildman–Crippen LogP) is 1.38. The lowest BCUT2D eigenvalue weighted by atomic mass is 9.85. The molecular weight excluding hydrogens is 266 g/mol. The molecule has 0 radical (unpaired) electrons. The minimum Gasteiger partial charge on any atom is -0.340 e. The highest BCUT2D eigenvalue weighted by Crippen LogP contribution is 2.30. The molecule has 2 heterocycles. The fraction of sp³-hybridized carbons (Fsp3) is 0.875. The van der Waals surface area contributed by atoms with E-state index in [4.69, 9.17) is 0 Å². The van der Waals surface area contributed by atoms with Gasteiger partial charge in [0.2, 0.25) is 11.8 Å². The van der Waals surface area contributed by atoms with Gasteiger partial charge in [0.05, 0.1) is 0 Å². The number of amides is 2. The first-order valence-corrected chi connectivity index (χ1v) is 8.32. The third-order valence-corrected chi connectivity index (χ3v) is 5.23. The van der Waals surface area contributed by atoms with Crippen molar-refractivity contribution in [2.75, 3.05) is 20.1 Å². The maximum atomic E-state index is 13.1. The summed E-state index contributed by atoms with van der Waals surface area (Å²) >= 11 is 0. The minimum absolute atomic E-state index is 0.0222. The third kappa shape index (κ3) is 2.80. The number of hydrogen-bond donors (Lipinski definition) is 1. The zero-order valence-corrected chi connectivity index (χ0v) is 13.8. The van der Waals surface area contributed by atoms with Crippen molar-refractivity contribution in [3.05, 3.63) is 0 Å². The zero-order valence-electron chi connectivity index (χ0n) is 13.8. The fourth-order valence-electron chi connectivity index (χ4n) is 3.79. The number of nitrogens with zero attached hydrogens (tertiary/aromatic N) is 2. The Bertz CT molecular complexity index is 406. The van der Waals surface area contributed by atoms with Gasteiger partial charge in [-0.05, 0) is 45.7 Å². The summed E-state index contributed by atoms with van der Waals surface area (Å²) in [6, 6.07) is -0.134. The van der Waals surface area contributed by atoms with E-state index in [2.05, 4.69) is 17.3 Å². The normalized spacial score (nSPS) is 30.4. The second kappa shape index (κ2) is 6.34. The first kappa shape index (κ1) is 16.3. The van der Waals surface area contributed by atoms with E-state index < -0.39 is 5.54 Å². The van der Waals surface area contributed by atoms with Crippen LogP contribution in [0.25, 0.3) is 0 Å². The van der Waals surface area contributed by atoms with Gasteiger partial charge in [-0.2, -0.15) is 0 Å². The van der Waals surface area contributed by atoms with Gasteiger partial charge in [0.1, 0.15) is 11.6 Å². The monoisotopic (exact) mass is 295 g/mol. The second-order valence-corrected chi connectivity index (χ2v) is 6.47. The van der Waals surface area contributed by atoms with Gasteiger partial charge >= 0.3 is 0 Å². The first-order valence-electron chi connectivity index (χ1n) is 8.32. The largest absolute Gasteiger partial charge is 0.340 e. The summed E-state index contributed by atoms with van der Waals surface area (Å²) in [7, 11) is 2.09. The van der Waals surface area contributed by atoms with Crippen LogP contribution in [0.1, 0.15) is 52.9 Å². The Balaban J connectivity index is 2.32. The van der Waals surface area contributed by atoms with Gasteiger partial charge in [-0.1, -0.05) is 20.8 Å².